The fourth-order valence-corrected chi connectivity index (χ4v) is 2.15. The average Bonchev–Trinajstić information content (AvgIpc) is 2.90. The molecule has 0 unspecified atom stereocenters. The molecule has 2 rings (SSSR count). The van der Waals surface area contributed by atoms with Gasteiger partial charge in [0.15, 0.2) is 0 Å². The van der Waals surface area contributed by atoms with Crippen LogP contribution >= 0.6 is 27.5 Å². The number of hydrogen-bond acceptors (Lipinski definition) is 1. The van der Waals surface area contributed by atoms with Gasteiger partial charge in [-0.05, 0) is 42.0 Å². The van der Waals surface area contributed by atoms with Crippen LogP contribution < -0.4 is 5.32 Å². The minimum Gasteiger partial charge on any atom is -0.312 e. The van der Waals surface area contributed by atoms with Crippen LogP contribution in [0.15, 0.2) is 22.7 Å². The predicted octanol–water partition coefficient (Wildman–Crippen LogP) is 3.99. The summed E-state index contributed by atoms with van der Waals surface area (Å²) in [6.07, 6.45) is 2.72. The molecule has 1 aromatic carbocycles. The third-order valence-corrected chi connectivity index (χ3v) is 3.99. The molecule has 1 saturated carbocycles. The Kier molecular flexibility index (Phi) is 3.39. The van der Waals surface area contributed by atoms with Gasteiger partial charge < -0.3 is 5.32 Å². The molecular formula is C12H15BrClN. The van der Waals surface area contributed by atoms with Gasteiger partial charge in [-0.25, -0.2) is 0 Å². The highest BCUT2D eigenvalue weighted by Gasteiger charge is 2.36. The maximum Gasteiger partial charge on any atom is 0.0410 e. The normalized spacial score (nSPS) is 17.8. The van der Waals surface area contributed by atoms with Gasteiger partial charge in [-0.15, -0.1) is 0 Å². The summed E-state index contributed by atoms with van der Waals surface area (Å²) < 4.78 is 1.13. The van der Waals surface area contributed by atoms with Crippen LogP contribution in [0.4, 0.5) is 0 Å². The van der Waals surface area contributed by atoms with Crippen molar-refractivity contribution >= 4 is 27.5 Å². The van der Waals surface area contributed by atoms with Crippen molar-refractivity contribution in [1.82, 2.24) is 5.32 Å². The van der Waals surface area contributed by atoms with Gasteiger partial charge in [-0.1, -0.05) is 34.5 Å². The summed E-state index contributed by atoms with van der Waals surface area (Å²) in [5.74, 6) is 0. The number of nitrogens with one attached hydrogen (secondary N) is 1. The Labute approximate surface area is 104 Å². The van der Waals surface area contributed by atoms with Crippen LogP contribution in [-0.4, -0.2) is 6.54 Å². The molecule has 1 nitrogen and oxygen atoms in total. The third-order valence-electron chi connectivity index (χ3n) is 2.98. The zero-order valence-electron chi connectivity index (χ0n) is 8.82. The summed E-state index contributed by atoms with van der Waals surface area (Å²) in [4.78, 5) is 0. The van der Waals surface area contributed by atoms with Gasteiger partial charge >= 0.3 is 0 Å². The van der Waals surface area contributed by atoms with Crippen molar-refractivity contribution in [2.45, 2.75) is 26.3 Å². The van der Waals surface area contributed by atoms with Crippen LogP contribution in [0.1, 0.15) is 25.3 Å². The molecule has 1 fully saturated rings. The summed E-state index contributed by atoms with van der Waals surface area (Å²) in [6.45, 7) is 4.32. The van der Waals surface area contributed by atoms with Gasteiger partial charge in [0.1, 0.15) is 0 Å². The SMILES string of the molecule is CC1(CNCc2cc(Cl)ccc2Br)CC1. The van der Waals surface area contributed by atoms with Gasteiger partial charge in [0.05, 0.1) is 0 Å². The number of rotatable bonds is 4. The van der Waals surface area contributed by atoms with Crippen molar-refractivity contribution in [1.29, 1.82) is 0 Å². The van der Waals surface area contributed by atoms with Crippen molar-refractivity contribution in [2.75, 3.05) is 6.54 Å². The van der Waals surface area contributed by atoms with E-state index in [1.165, 1.54) is 18.4 Å². The average molecular weight is 289 g/mol. The third kappa shape index (κ3) is 3.20. The molecule has 0 amide bonds. The molecule has 15 heavy (non-hydrogen) atoms. The Bertz CT molecular complexity index is 361. The molecule has 0 heterocycles. The molecule has 0 spiro atoms. The van der Waals surface area contributed by atoms with Crippen molar-refractivity contribution in [3.63, 3.8) is 0 Å². The van der Waals surface area contributed by atoms with E-state index in [2.05, 4.69) is 28.2 Å². The van der Waals surface area contributed by atoms with E-state index in [0.717, 1.165) is 22.6 Å². The lowest BCUT2D eigenvalue weighted by Gasteiger charge is -2.11. The maximum atomic E-state index is 5.95. The fraction of sp³-hybridized carbons (Fsp3) is 0.500. The molecule has 0 saturated heterocycles. The summed E-state index contributed by atoms with van der Waals surface area (Å²) in [7, 11) is 0. The van der Waals surface area contributed by atoms with Crippen LogP contribution in [0.3, 0.4) is 0 Å². The standard InChI is InChI=1S/C12H15BrClN/c1-12(4-5-12)8-15-7-9-6-10(14)2-3-11(9)13/h2-3,6,15H,4-5,7-8H2,1H3. The molecule has 0 atom stereocenters. The number of hydrogen-bond donors (Lipinski definition) is 1. The van der Waals surface area contributed by atoms with Crippen LogP contribution in [0.5, 0.6) is 0 Å². The predicted molar refractivity (Wildman–Crippen MR) is 68.2 cm³/mol. The van der Waals surface area contributed by atoms with Crippen molar-refractivity contribution in [2.24, 2.45) is 5.41 Å². The molecular weight excluding hydrogens is 273 g/mol. The first kappa shape index (κ1) is 11.4. The molecule has 0 bridgehead atoms. The number of benzene rings is 1. The molecule has 1 aromatic rings. The molecule has 0 aliphatic heterocycles. The molecule has 1 N–H and O–H groups in total. The first-order chi connectivity index (χ1) is 7.09. The van der Waals surface area contributed by atoms with Gasteiger partial charge in [0, 0.05) is 22.6 Å². The van der Waals surface area contributed by atoms with Crippen molar-refractivity contribution in [3.8, 4) is 0 Å². The highest BCUT2D eigenvalue weighted by molar-refractivity contribution is 9.10. The molecule has 0 radical (unpaired) electrons. The number of halogens is 2. The second-order valence-corrected chi connectivity index (χ2v) is 5.94. The lowest BCUT2D eigenvalue weighted by molar-refractivity contribution is 0.499. The Morgan fingerprint density at radius 1 is 1.47 bits per heavy atom. The van der Waals surface area contributed by atoms with Crippen LogP contribution in [0.25, 0.3) is 0 Å². The van der Waals surface area contributed by atoms with Gasteiger partial charge in [-0.3, -0.25) is 0 Å². The van der Waals surface area contributed by atoms with E-state index >= 15 is 0 Å². The molecule has 82 valence electrons. The fourth-order valence-electron chi connectivity index (χ4n) is 1.57. The highest BCUT2D eigenvalue weighted by atomic mass is 79.9. The Hall–Kier alpha value is -0.0500. The molecule has 1 aliphatic rings. The molecule has 0 aromatic heterocycles. The highest BCUT2D eigenvalue weighted by Crippen LogP contribution is 2.44. The first-order valence-electron chi connectivity index (χ1n) is 5.24. The Morgan fingerprint density at radius 3 is 2.87 bits per heavy atom. The van der Waals surface area contributed by atoms with E-state index in [1.807, 2.05) is 18.2 Å². The monoisotopic (exact) mass is 287 g/mol. The lowest BCUT2D eigenvalue weighted by atomic mass is 10.1. The van der Waals surface area contributed by atoms with Gasteiger partial charge in [-0.2, -0.15) is 0 Å². The van der Waals surface area contributed by atoms with Crippen molar-refractivity contribution in [3.05, 3.63) is 33.3 Å². The largest absolute Gasteiger partial charge is 0.312 e. The summed E-state index contributed by atoms with van der Waals surface area (Å²) in [5, 5.41) is 4.28. The zero-order valence-corrected chi connectivity index (χ0v) is 11.2. The minimum atomic E-state index is 0.561. The van der Waals surface area contributed by atoms with E-state index in [1.54, 1.807) is 0 Å². The second-order valence-electron chi connectivity index (χ2n) is 4.65. The summed E-state index contributed by atoms with van der Waals surface area (Å²) >= 11 is 9.48. The smallest absolute Gasteiger partial charge is 0.0410 e. The van der Waals surface area contributed by atoms with E-state index < -0.39 is 0 Å². The van der Waals surface area contributed by atoms with Gasteiger partial charge in [0.25, 0.3) is 0 Å². The first-order valence-corrected chi connectivity index (χ1v) is 6.41. The lowest BCUT2D eigenvalue weighted by Crippen LogP contribution is -2.21. The van der Waals surface area contributed by atoms with E-state index in [9.17, 15) is 0 Å². The Balaban J connectivity index is 1.89. The van der Waals surface area contributed by atoms with E-state index in [4.69, 9.17) is 11.6 Å². The Morgan fingerprint density at radius 2 is 2.20 bits per heavy atom. The van der Waals surface area contributed by atoms with E-state index in [0.29, 0.717) is 5.41 Å². The minimum absolute atomic E-state index is 0.561. The quantitative estimate of drug-likeness (QED) is 0.883. The zero-order chi connectivity index (χ0) is 10.9. The van der Waals surface area contributed by atoms with Crippen LogP contribution in [-0.2, 0) is 6.54 Å². The maximum absolute atomic E-state index is 5.95. The second kappa shape index (κ2) is 4.44. The molecule has 3 heteroatoms. The summed E-state index contributed by atoms with van der Waals surface area (Å²) in [6, 6.07) is 5.91. The van der Waals surface area contributed by atoms with Gasteiger partial charge in [0.2, 0.25) is 0 Å². The summed E-state index contributed by atoms with van der Waals surface area (Å²) in [5.41, 5.74) is 1.79. The van der Waals surface area contributed by atoms with Crippen LogP contribution in [0.2, 0.25) is 5.02 Å². The van der Waals surface area contributed by atoms with Crippen LogP contribution in [0, 0.1) is 5.41 Å². The topological polar surface area (TPSA) is 12.0 Å². The van der Waals surface area contributed by atoms with Crippen molar-refractivity contribution < 1.29 is 0 Å². The molecule has 1 aliphatic carbocycles. The van der Waals surface area contributed by atoms with E-state index in [-0.39, 0.29) is 0 Å².